The third kappa shape index (κ3) is 3.37. The first-order valence-corrected chi connectivity index (χ1v) is 6.88. The quantitative estimate of drug-likeness (QED) is 0.829. The lowest BCUT2D eigenvalue weighted by atomic mass is 10.1. The first-order valence-electron chi connectivity index (χ1n) is 6.06. The fraction of sp³-hybridized carbons (Fsp3) is 0.250. The van der Waals surface area contributed by atoms with Crippen LogP contribution in [-0.4, -0.2) is 16.5 Å². The molecular formula is C16H18OS. The second-order valence-electron chi connectivity index (χ2n) is 4.91. The number of hydrogen-bond donors (Lipinski definition) is 1. The molecule has 18 heavy (non-hydrogen) atoms. The van der Waals surface area contributed by atoms with E-state index in [0.29, 0.717) is 0 Å². The van der Waals surface area contributed by atoms with Crippen molar-refractivity contribution in [3.8, 4) is 11.1 Å². The third-order valence-electron chi connectivity index (χ3n) is 2.74. The van der Waals surface area contributed by atoms with Gasteiger partial charge in [-0.25, -0.2) is 0 Å². The highest BCUT2D eigenvalue weighted by molar-refractivity contribution is 8.00. The topological polar surface area (TPSA) is 20.2 Å². The molecule has 0 radical (unpaired) electrons. The van der Waals surface area contributed by atoms with E-state index in [0.717, 1.165) is 0 Å². The smallest absolute Gasteiger partial charge is 0.0576 e. The second-order valence-corrected chi connectivity index (χ2v) is 6.69. The van der Waals surface area contributed by atoms with Gasteiger partial charge in [-0.15, -0.1) is 11.8 Å². The van der Waals surface area contributed by atoms with Gasteiger partial charge in [0.1, 0.15) is 0 Å². The molecule has 0 fully saturated rings. The summed E-state index contributed by atoms with van der Waals surface area (Å²) >= 11 is 1.70. The standard InChI is InChI=1S/C16H18OS/c1-16(2,12-17)18-15-10-8-14(9-11-15)13-6-4-3-5-7-13/h3-11,17H,12H2,1-2H3. The fourth-order valence-corrected chi connectivity index (χ4v) is 2.67. The minimum atomic E-state index is -0.131. The first kappa shape index (κ1) is 13.2. The number of thioether (sulfide) groups is 1. The SMILES string of the molecule is CC(C)(CO)Sc1ccc(-c2ccccc2)cc1. The van der Waals surface area contributed by atoms with Crippen LogP contribution in [-0.2, 0) is 0 Å². The van der Waals surface area contributed by atoms with Crippen molar-refractivity contribution in [1.29, 1.82) is 0 Å². The largest absolute Gasteiger partial charge is 0.395 e. The number of hydrogen-bond acceptors (Lipinski definition) is 2. The molecule has 0 aliphatic carbocycles. The van der Waals surface area contributed by atoms with Crippen molar-refractivity contribution in [1.82, 2.24) is 0 Å². The van der Waals surface area contributed by atoms with Crippen LogP contribution in [0.2, 0.25) is 0 Å². The van der Waals surface area contributed by atoms with Crippen molar-refractivity contribution in [2.24, 2.45) is 0 Å². The van der Waals surface area contributed by atoms with Gasteiger partial charge in [-0.3, -0.25) is 0 Å². The maximum Gasteiger partial charge on any atom is 0.0576 e. The van der Waals surface area contributed by atoms with Crippen molar-refractivity contribution >= 4 is 11.8 Å². The Labute approximate surface area is 113 Å². The zero-order valence-corrected chi connectivity index (χ0v) is 11.6. The summed E-state index contributed by atoms with van der Waals surface area (Å²) in [4.78, 5) is 1.19. The molecule has 94 valence electrons. The number of rotatable bonds is 4. The van der Waals surface area contributed by atoms with Crippen LogP contribution in [0.3, 0.4) is 0 Å². The maximum absolute atomic E-state index is 9.27. The fourth-order valence-electron chi connectivity index (χ4n) is 1.70. The Morgan fingerprint density at radius 1 is 0.889 bits per heavy atom. The summed E-state index contributed by atoms with van der Waals surface area (Å²) in [5, 5.41) is 9.27. The zero-order valence-electron chi connectivity index (χ0n) is 10.8. The lowest BCUT2D eigenvalue weighted by Gasteiger charge is -2.20. The molecule has 0 heterocycles. The average molecular weight is 258 g/mol. The van der Waals surface area contributed by atoms with Crippen LogP contribution < -0.4 is 0 Å². The van der Waals surface area contributed by atoms with Crippen LogP contribution in [0, 0.1) is 0 Å². The molecule has 0 aliphatic rings. The zero-order chi connectivity index (χ0) is 13.0. The molecule has 0 saturated carbocycles. The molecule has 1 nitrogen and oxygen atoms in total. The van der Waals surface area contributed by atoms with E-state index in [1.807, 2.05) is 32.0 Å². The van der Waals surface area contributed by atoms with Crippen molar-refractivity contribution in [3.63, 3.8) is 0 Å². The van der Waals surface area contributed by atoms with Crippen LogP contribution in [0.5, 0.6) is 0 Å². The third-order valence-corrected chi connectivity index (χ3v) is 3.93. The highest BCUT2D eigenvalue weighted by atomic mass is 32.2. The van der Waals surface area contributed by atoms with Crippen molar-refractivity contribution < 1.29 is 5.11 Å². The molecule has 1 N–H and O–H groups in total. The lowest BCUT2D eigenvalue weighted by molar-refractivity contribution is 0.265. The predicted molar refractivity (Wildman–Crippen MR) is 78.9 cm³/mol. The molecule has 2 aromatic carbocycles. The molecule has 0 unspecified atom stereocenters. The monoisotopic (exact) mass is 258 g/mol. The summed E-state index contributed by atoms with van der Waals surface area (Å²) in [5.41, 5.74) is 2.46. The summed E-state index contributed by atoms with van der Waals surface area (Å²) in [5.74, 6) is 0. The van der Waals surface area contributed by atoms with Gasteiger partial charge in [0.05, 0.1) is 6.61 Å². The molecule has 0 aromatic heterocycles. The van der Waals surface area contributed by atoms with Crippen LogP contribution in [0.4, 0.5) is 0 Å². The number of aliphatic hydroxyl groups is 1. The summed E-state index contributed by atoms with van der Waals surface area (Å²) in [6.45, 7) is 4.27. The van der Waals surface area contributed by atoms with Gasteiger partial charge in [0, 0.05) is 9.64 Å². The van der Waals surface area contributed by atoms with Crippen LogP contribution in [0.15, 0.2) is 59.5 Å². The predicted octanol–water partition coefficient (Wildman–Crippen LogP) is 4.22. The normalized spacial score (nSPS) is 11.5. The Morgan fingerprint density at radius 3 is 2.00 bits per heavy atom. The van der Waals surface area contributed by atoms with E-state index in [4.69, 9.17) is 0 Å². The molecular weight excluding hydrogens is 240 g/mol. The van der Waals surface area contributed by atoms with E-state index < -0.39 is 0 Å². The highest BCUT2D eigenvalue weighted by Gasteiger charge is 2.17. The van der Waals surface area contributed by atoms with E-state index in [2.05, 4.69) is 36.4 Å². The van der Waals surface area contributed by atoms with Crippen LogP contribution in [0.1, 0.15) is 13.8 Å². The van der Waals surface area contributed by atoms with Gasteiger partial charge >= 0.3 is 0 Å². The van der Waals surface area contributed by atoms with E-state index in [1.165, 1.54) is 16.0 Å². The Bertz CT molecular complexity index is 488. The second kappa shape index (κ2) is 5.59. The number of benzene rings is 2. The van der Waals surface area contributed by atoms with Gasteiger partial charge in [0.2, 0.25) is 0 Å². The number of aliphatic hydroxyl groups excluding tert-OH is 1. The summed E-state index contributed by atoms with van der Waals surface area (Å²) < 4.78 is -0.131. The van der Waals surface area contributed by atoms with Gasteiger partial charge < -0.3 is 5.11 Å². The molecule has 0 spiro atoms. The van der Waals surface area contributed by atoms with Crippen molar-refractivity contribution in [2.45, 2.75) is 23.5 Å². The Morgan fingerprint density at radius 2 is 1.44 bits per heavy atom. The van der Waals surface area contributed by atoms with E-state index in [-0.39, 0.29) is 11.4 Å². The molecule has 2 rings (SSSR count). The lowest BCUT2D eigenvalue weighted by Crippen LogP contribution is -2.19. The molecule has 2 heteroatoms. The first-order chi connectivity index (χ1) is 8.61. The highest BCUT2D eigenvalue weighted by Crippen LogP contribution is 2.33. The molecule has 0 aliphatic heterocycles. The Balaban J connectivity index is 2.16. The van der Waals surface area contributed by atoms with Crippen molar-refractivity contribution in [2.75, 3.05) is 6.61 Å². The van der Waals surface area contributed by atoms with E-state index in [1.54, 1.807) is 11.8 Å². The van der Waals surface area contributed by atoms with Crippen molar-refractivity contribution in [3.05, 3.63) is 54.6 Å². The van der Waals surface area contributed by atoms with Crippen LogP contribution >= 0.6 is 11.8 Å². The molecule has 0 saturated heterocycles. The minimum Gasteiger partial charge on any atom is -0.395 e. The average Bonchev–Trinajstić information content (AvgIpc) is 2.40. The van der Waals surface area contributed by atoms with Gasteiger partial charge in [-0.05, 0) is 37.1 Å². The molecule has 2 aromatic rings. The van der Waals surface area contributed by atoms with Gasteiger partial charge in [0.25, 0.3) is 0 Å². The Hall–Kier alpha value is -1.25. The minimum absolute atomic E-state index is 0.131. The van der Waals surface area contributed by atoms with Gasteiger partial charge in [-0.1, -0.05) is 42.5 Å². The molecule has 0 amide bonds. The Kier molecular flexibility index (Phi) is 4.10. The van der Waals surface area contributed by atoms with Gasteiger partial charge in [0.15, 0.2) is 0 Å². The summed E-state index contributed by atoms with van der Waals surface area (Å²) in [6, 6.07) is 18.8. The van der Waals surface area contributed by atoms with E-state index >= 15 is 0 Å². The van der Waals surface area contributed by atoms with Crippen LogP contribution in [0.25, 0.3) is 11.1 Å². The maximum atomic E-state index is 9.27. The molecule has 0 atom stereocenters. The summed E-state index contributed by atoms with van der Waals surface area (Å²) in [7, 11) is 0. The van der Waals surface area contributed by atoms with Gasteiger partial charge in [-0.2, -0.15) is 0 Å². The summed E-state index contributed by atoms with van der Waals surface area (Å²) in [6.07, 6.45) is 0. The molecule has 0 bridgehead atoms. The van der Waals surface area contributed by atoms with E-state index in [9.17, 15) is 5.11 Å².